The predicted molar refractivity (Wildman–Crippen MR) is 110 cm³/mol. The Morgan fingerprint density at radius 2 is 2.00 bits per heavy atom. The SMILES string of the molecule is Cc1cccc(-c2nc(CC(=O)OCC(=O)NCc3ccccc3Cl)cs2)c1. The van der Waals surface area contributed by atoms with Gasteiger partial charge in [0.15, 0.2) is 6.61 Å². The number of rotatable bonds is 7. The van der Waals surface area contributed by atoms with Gasteiger partial charge in [0, 0.05) is 22.5 Å². The number of nitrogens with zero attached hydrogens (tertiary/aromatic N) is 1. The van der Waals surface area contributed by atoms with Crippen LogP contribution in [0.4, 0.5) is 0 Å². The number of halogens is 1. The molecular weight excluding hydrogens is 396 g/mol. The second-order valence-corrected chi connectivity index (χ2v) is 7.48. The maximum absolute atomic E-state index is 12.0. The van der Waals surface area contributed by atoms with Crippen molar-refractivity contribution in [1.82, 2.24) is 10.3 Å². The van der Waals surface area contributed by atoms with Crippen LogP contribution in [0.15, 0.2) is 53.9 Å². The first-order chi connectivity index (χ1) is 13.5. The maximum atomic E-state index is 12.0. The van der Waals surface area contributed by atoms with Gasteiger partial charge in [-0.3, -0.25) is 9.59 Å². The number of hydrogen-bond acceptors (Lipinski definition) is 5. The van der Waals surface area contributed by atoms with Crippen molar-refractivity contribution in [3.63, 3.8) is 0 Å². The molecule has 0 bridgehead atoms. The van der Waals surface area contributed by atoms with E-state index in [-0.39, 0.29) is 25.5 Å². The van der Waals surface area contributed by atoms with E-state index in [0.717, 1.165) is 21.7 Å². The van der Waals surface area contributed by atoms with E-state index >= 15 is 0 Å². The molecule has 0 unspecified atom stereocenters. The normalized spacial score (nSPS) is 10.5. The summed E-state index contributed by atoms with van der Waals surface area (Å²) in [7, 11) is 0. The van der Waals surface area contributed by atoms with Crippen molar-refractivity contribution >= 4 is 34.8 Å². The lowest BCUT2D eigenvalue weighted by molar-refractivity contribution is -0.147. The average Bonchev–Trinajstić information content (AvgIpc) is 3.14. The number of benzene rings is 2. The first-order valence-electron chi connectivity index (χ1n) is 8.68. The summed E-state index contributed by atoms with van der Waals surface area (Å²) in [6.45, 7) is 1.96. The van der Waals surface area contributed by atoms with Gasteiger partial charge in [0.25, 0.3) is 5.91 Å². The van der Waals surface area contributed by atoms with Crippen molar-refractivity contribution in [3.05, 3.63) is 75.8 Å². The minimum absolute atomic E-state index is 0.0279. The molecule has 7 heteroatoms. The van der Waals surface area contributed by atoms with E-state index < -0.39 is 5.97 Å². The Balaban J connectivity index is 1.45. The van der Waals surface area contributed by atoms with E-state index in [0.29, 0.717) is 10.7 Å². The zero-order valence-corrected chi connectivity index (χ0v) is 16.8. The van der Waals surface area contributed by atoms with Gasteiger partial charge in [-0.1, -0.05) is 53.6 Å². The monoisotopic (exact) mass is 414 g/mol. The second kappa shape index (κ2) is 9.48. The molecule has 3 aromatic rings. The fraction of sp³-hybridized carbons (Fsp3) is 0.190. The lowest BCUT2D eigenvalue weighted by atomic mass is 10.1. The molecule has 0 aliphatic carbocycles. The lowest BCUT2D eigenvalue weighted by Crippen LogP contribution is -2.28. The van der Waals surface area contributed by atoms with Crippen LogP contribution in [0.1, 0.15) is 16.8 Å². The van der Waals surface area contributed by atoms with Gasteiger partial charge in [0.1, 0.15) is 5.01 Å². The largest absolute Gasteiger partial charge is 0.455 e. The molecule has 1 heterocycles. The Bertz CT molecular complexity index is 987. The van der Waals surface area contributed by atoms with E-state index in [4.69, 9.17) is 16.3 Å². The number of ether oxygens (including phenoxy) is 1. The van der Waals surface area contributed by atoms with Gasteiger partial charge >= 0.3 is 5.97 Å². The van der Waals surface area contributed by atoms with Crippen LogP contribution < -0.4 is 5.32 Å². The van der Waals surface area contributed by atoms with Crippen LogP contribution in [-0.4, -0.2) is 23.5 Å². The highest BCUT2D eigenvalue weighted by atomic mass is 35.5. The minimum atomic E-state index is -0.492. The highest BCUT2D eigenvalue weighted by Gasteiger charge is 2.12. The molecule has 5 nitrogen and oxygen atoms in total. The Labute approximate surface area is 172 Å². The first-order valence-corrected chi connectivity index (χ1v) is 9.94. The number of hydrogen-bond donors (Lipinski definition) is 1. The Morgan fingerprint density at radius 3 is 2.79 bits per heavy atom. The van der Waals surface area contributed by atoms with E-state index in [1.165, 1.54) is 11.3 Å². The van der Waals surface area contributed by atoms with Gasteiger partial charge in [0.2, 0.25) is 0 Å². The van der Waals surface area contributed by atoms with Crippen molar-refractivity contribution in [2.24, 2.45) is 0 Å². The summed E-state index contributed by atoms with van der Waals surface area (Å²) in [6, 6.07) is 15.3. The molecule has 144 valence electrons. The van der Waals surface area contributed by atoms with Crippen molar-refractivity contribution in [1.29, 1.82) is 0 Å². The van der Waals surface area contributed by atoms with Gasteiger partial charge in [-0.25, -0.2) is 4.98 Å². The molecule has 0 spiro atoms. The van der Waals surface area contributed by atoms with Crippen LogP contribution in [0.3, 0.4) is 0 Å². The summed E-state index contributed by atoms with van der Waals surface area (Å²) in [5.74, 6) is -0.874. The predicted octanol–water partition coefficient (Wildman–Crippen LogP) is 4.17. The molecule has 2 aromatic carbocycles. The number of nitrogens with one attached hydrogen (secondary N) is 1. The molecule has 0 aliphatic heterocycles. The van der Waals surface area contributed by atoms with Gasteiger partial charge in [-0.2, -0.15) is 0 Å². The number of aromatic nitrogens is 1. The Morgan fingerprint density at radius 1 is 1.18 bits per heavy atom. The third kappa shape index (κ3) is 5.65. The summed E-state index contributed by atoms with van der Waals surface area (Å²) < 4.78 is 5.04. The third-order valence-electron chi connectivity index (χ3n) is 3.94. The van der Waals surface area contributed by atoms with E-state index in [1.54, 1.807) is 6.07 Å². The number of amides is 1. The molecule has 0 aliphatic rings. The molecule has 0 radical (unpaired) electrons. The molecule has 1 aromatic heterocycles. The smallest absolute Gasteiger partial charge is 0.312 e. The number of esters is 1. The van der Waals surface area contributed by atoms with Crippen molar-refractivity contribution in [2.75, 3.05) is 6.61 Å². The van der Waals surface area contributed by atoms with E-state index in [2.05, 4.69) is 10.3 Å². The highest BCUT2D eigenvalue weighted by Crippen LogP contribution is 2.24. The van der Waals surface area contributed by atoms with Crippen molar-refractivity contribution in [3.8, 4) is 10.6 Å². The van der Waals surface area contributed by atoms with Crippen molar-refractivity contribution in [2.45, 2.75) is 19.9 Å². The van der Waals surface area contributed by atoms with Crippen LogP contribution in [0, 0.1) is 6.92 Å². The molecule has 0 saturated carbocycles. The summed E-state index contributed by atoms with van der Waals surface area (Å²) in [5.41, 5.74) is 3.60. The number of carbonyl (C=O) groups excluding carboxylic acids is 2. The molecule has 28 heavy (non-hydrogen) atoms. The standard InChI is InChI=1S/C21H19ClN2O3S/c1-14-5-4-7-15(9-14)21-24-17(13-28-21)10-20(26)27-12-19(25)23-11-16-6-2-3-8-18(16)22/h2-9,13H,10-12H2,1H3,(H,23,25). The molecule has 0 fully saturated rings. The molecular formula is C21H19ClN2O3S. The molecule has 1 amide bonds. The fourth-order valence-electron chi connectivity index (χ4n) is 2.53. The fourth-order valence-corrected chi connectivity index (χ4v) is 3.55. The topological polar surface area (TPSA) is 68.3 Å². The van der Waals surface area contributed by atoms with Crippen LogP contribution in [0.25, 0.3) is 10.6 Å². The molecule has 0 saturated heterocycles. The number of thiazole rings is 1. The lowest BCUT2D eigenvalue weighted by Gasteiger charge is -2.07. The summed E-state index contributed by atoms with van der Waals surface area (Å²) in [6.07, 6.45) is 0.0279. The number of aryl methyl sites for hydroxylation is 1. The Hall–Kier alpha value is -2.70. The van der Waals surface area contributed by atoms with Gasteiger partial charge in [-0.05, 0) is 24.6 Å². The Kier molecular flexibility index (Phi) is 6.79. The quantitative estimate of drug-likeness (QED) is 0.589. The van der Waals surface area contributed by atoms with Crippen LogP contribution in [-0.2, 0) is 27.3 Å². The van der Waals surface area contributed by atoms with Crippen LogP contribution >= 0.6 is 22.9 Å². The van der Waals surface area contributed by atoms with Gasteiger partial charge < -0.3 is 10.1 Å². The molecule has 0 atom stereocenters. The number of carbonyl (C=O) groups is 2. The van der Waals surface area contributed by atoms with Crippen molar-refractivity contribution < 1.29 is 14.3 Å². The third-order valence-corrected chi connectivity index (χ3v) is 5.25. The van der Waals surface area contributed by atoms with Gasteiger partial charge in [0.05, 0.1) is 12.1 Å². The van der Waals surface area contributed by atoms with Gasteiger partial charge in [-0.15, -0.1) is 11.3 Å². The second-order valence-electron chi connectivity index (χ2n) is 6.22. The molecule has 1 N–H and O–H groups in total. The van der Waals surface area contributed by atoms with Crippen LogP contribution in [0.5, 0.6) is 0 Å². The average molecular weight is 415 g/mol. The zero-order chi connectivity index (χ0) is 19.9. The van der Waals surface area contributed by atoms with E-state index in [9.17, 15) is 9.59 Å². The first kappa shape index (κ1) is 20.0. The van der Waals surface area contributed by atoms with E-state index in [1.807, 2.05) is 54.8 Å². The molecule has 3 rings (SSSR count). The summed E-state index contributed by atoms with van der Waals surface area (Å²) in [5, 5.41) is 5.93. The zero-order valence-electron chi connectivity index (χ0n) is 15.3. The summed E-state index contributed by atoms with van der Waals surface area (Å²) in [4.78, 5) is 28.3. The minimum Gasteiger partial charge on any atom is -0.455 e. The highest BCUT2D eigenvalue weighted by molar-refractivity contribution is 7.13. The van der Waals surface area contributed by atoms with Crippen LogP contribution in [0.2, 0.25) is 5.02 Å². The summed E-state index contributed by atoms with van der Waals surface area (Å²) >= 11 is 7.51. The maximum Gasteiger partial charge on any atom is 0.312 e.